The van der Waals surface area contributed by atoms with Gasteiger partial charge in [-0.15, -0.1) is 0 Å². The highest BCUT2D eigenvalue weighted by molar-refractivity contribution is 5.94. The van der Waals surface area contributed by atoms with Crippen LogP contribution in [-0.2, 0) is 9.47 Å². The van der Waals surface area contributed by atoms with Crippen LogP contribution in [-0.4, -0.2) is 37.3 Å². The Morgan fingerprint density at radius 2 is 2.21 bits per heavy atom. The number of hydrogen-bond acceptors (Lipinski definition) is 5. The third-order valence-electron chi connectivity index (χ3n) is 3.90. The van der Waals surface area contributed by atoms with Gasteiger partial charge in [0.1, 0.15) is 23.3 Å². The third kappa shape index (κ3) is 3.38. The lowest BCUT2D eigenvalue weighted by atomic mass is 10.1. The van der Waals surface area contributed by atoms with Crippen LogP contribution in [0.5, 0.6) is 0 Å². The summed E-state index contributed by atoms with van der Waals surface area (Å²) >= 11 is 0. The van der Waals surface area contributed by atoms with Crippen LogP contribution in [0.2, 0.25) is 0 Å². The van der Waals surface area contributed by atoms with Crippen LogP contribution in [0.1, 0.15) is 28.9 Å². The molecule has 5 nitrogen and oxygen atoms in total. The molecule has 0 aliphatic carbocycles. The Kier molecular flexibility index (Phi) is 5.05. The first-order valence-electron chi connectivity index (χ1n) is 7.93. The van der Waals surface area contributed by atoms with E-state index in [1.165, 1.54) is 6.07 Å². The van der Waals surface area contributed by atoms with Crippen LogP contribution in [0, 0.1) is 5.82 Å². The van der Waals surface area contributed by atoms with Crippen molar-refractivity contribution in [2.45, 2.75) is 13.0 Å². The maximum absolute atomic E-state index is 14.0. The SMILES string of the molecule is CCOC(=O)c1cccnc1N1CCOC(c2ccccc2F)C1. The highest BCUT2D eigenvalue weighted by Crippen LogP contribution is 2.28. The van der Waals surface area contributed by atoms with Gasteiger partial charge in [-0.25, -0.2) is 14.2 Å². The van der Waals surface area contributed by atoms with Crippen molar-refractivity contribution in [3.63, 3.8) is 0 Å². The predicted molar refractivity (Wildman–Crippen MR) is 87.5 cm³/mol. The van der Waals surface area contributed by atoms with Gasteiger partial charge in [0.15, 0.2) is 0 Å². The average molecular weight is 330 g/mol. The maximum Gasteiger partial charge on any atom is 0.341 e. The maximum atomic E-state index is 14.0. The van der Waals surface area contributed by atoms with Crippen LogP contribution in [0.4, 0.5) is 10.2 Å². The number of carbonyl (C=O) groups excluding carboxylic acids is 1. The Morgan fingerprint density at radius 3 is 3.00 bits per heavy atom. The molecule has 1 aromatic heterocycles. The van der Waals surface area contributed by atoms with Gasteiger partial charge < -0.3 is 14.4 Å². The van der Waals surface area contributed by atoms with E-state index in [0.29, 0.717) is 43.2 Å². The highest BCUT2D eigenvalue weighted by atomic mass is 19.1. The summed E-state index contributed by atoms with van der Waals surface area (Å²) in [6.45, 7) is 3.49. The van der Waals surface area contributed by atoms with Crippen molar-refractivity contribution in [2.75, 3.05) is 31.2 Å². The van der Waals surface area contributed by atoms with Crippen molar-refractivity contribution in [2.24, 2.45) is 0 Å². The van der Waals surface area contributed by atoms with Gasteiger partial charge in [-0.2, -0.15) is 0 Å². The quantitative estimate of drug-likeness (QED) is 0.807. The van der Waals surface area contributed by atoms with Crippen molar-refractivity contribution < 1.29 is 18.7 Å². The number of halogens is 1. The lowest BCUT2D eigenvalue weighted by molar-refractivity contribution is 0.0367. The number of anilines is 1. The molecule has 126 valence electrons. The molecule has 1 atom stereocenters. The van der Waals surface area contributed by atoms with E-state index in [0.717, 1.165) is 0 Å². The molecule has 1 saturated heterocycles. The number of esters is 1. The fraction of sp³-hybridized carbons (Fsp3) is 0.333. The molecular weight excluding hydrogens is 311 g/mol. The summed E-state index contributed by atoms with van der Waals surface area (Å²) in [5, 5.41) is 0. The van der Waals surface area contributed by atoms with Crippen molar-refractivity contribution in [3.05, 3.63) is 59.5 Å². The standard InChI is InChI=1S/C18H19FN2O3/c1-2-23-18(22)14-7-5-9-20-17(14)21-10-11-24-16(12-21)13-6-3-4-8-15(13)19/h3-9,16H,2,10-12H2,1H3. The number of morpholine rings is 1. The summed E-state index contributed by atoms with van der Waals surface area (Å²) < 4.78 is 24.8. The summed E-state index contributed by atoms with van der Waals surface area (Å²) in [5.74, 6) is -0.161. The monoisotopic (exact) mass is 330 g/mol. The topological polar surface area (TPSA) is 51.7 Å². The fourth-order valence-electron chi connectivity index (χ4n) is 2.78. The van der Waals surface area contributed by atoms with Crippen molar-refractivity contribution in [1.82, 2.24) is 4.98 Å². The van der Waals surface area contributed by atoms with Gasteiger partial charge in [0, 0.05) is 24.8 Å². The minimum absolute atomic E-state index is 0.295. The zero-order chi connectivity index (χ0) is 16.9. The summed E-state index contributed by atoms with van der Waals surface area (Å²) in [7, 11) is 0. The number of carbonyl (C=O) groups is 1. The first-order valence-corrected chi connectivity index (χ1v) is 7.93. The van der Waals surface area contributed by atoms with Crippen LogP contribution in [0.25, 0.3) is 0 Å². The van der Waals surface area contributed by atoms with Crippen LogP contribution < -0.4 is 4.90 Å². The number of rotatable bonds is 4. The molecule has 1 aromatic carbocycles. The normalized spacial score (nSPS) is 17.6. The summed E-state index contributed by atoms with van der Waals surface area (Å²) in [4.78, 5) is 18.4. The minimum Gasteiger partial charge on any atom is -0.462 e. The minimum atomic E-state index is -0.408. The van der Waals surface area contributed by atoms with Crippen LogP contribution in [0.3, 0.4) is 0 Å². The van der Waals surface area contributed by atoms with Gasteiger partial charge in [-0.05, 0) is 25.1 Å². The molecule has 0 bridgehead atoms. The Morgan fingerprint density at radius 1 is 1.38 bits per heavy atom. The fourth-order valence-corrected chi connectivity index (χ4v) is 2.78. The first kappa shape index (κ1) is 16.4. The molecule has 0 saturated carbocycles. The second-order valence-corrected chi connectivity index (χ2v) is 5.42. The molecule has 1 fully saturated rings. The predicted octanol–water partition coefficient (Wildman–Crippen LogP) is 2.98. The van der Waals surface area contributed by atoms with Gasteiger partial charge >= 0.3 is 5.97 Å². The molecule has 6 heteroatoms. The van der Waals surface area contributed by atoms with Gasteiger partial charge in [0.25, 0.3) is 0 Å². The zero-order valence-corrected chi connectivity index (χ0v) is 13.4. The van der Waals surface area contributed by atoms with Crippen molar-refractivity contribution in [3.8, 4) is 0 Å². The van der Waals surface area contributed by atoms with Crippen molar-refractivity contribution in [1.29, 1.82) is 0 Å². The molecule has 24 heavy (non-hydrogen) atoms. The molecule has 3 rings (SSSR count). The molecule has 2 aromatic rings. The number of benzene rings is 1. The second-order valence-electron chi connectivity index (χ2n) is 5.42. The van der Waals surface area contributed by atoms with E-state index in [4.69, 9.17) is 9.47 Å². The van der Waals surface area contributed by atoms with E-state index in [2.05, 4.69) is 4.98 Å². The van der Waals surface area contributed by atoms with E-state index in [-0.39, 0.29) is 5.82 Å². The molecule has 1 aliphatic heterocycles. The molecule has 2 heterocycles. The Labute approximate surface area is 140 Å². The Bertz CT molecular complexity index is 723. The third-order valence-corrected chi connectivity index (χ3v) is 3.90. The van der Waals surface area contributed by atoms with E-state index < -0.39 is 12.1 Å². The molecule has 0 radical (unpaired) electrons. The van der Waals surface area contributed by atoms with Gasteiger partial charge in [-0.1, -0.05) is 18.2 Å². The van der Waals surface area contributed by atoms with Crippen LogP contribution in [0.15, 0.2) is 42.6 Å². The number of aromatic nitrogens is 1. The zero-order valence-electron chi connectivity index (χ0n) is 13.4. The number of hydrogen-bond donors (Lipinski definition) is 0. The Balaban J connectivity index is 1.86. The van der Waals surface area contributed by atoms with E-state index >= 15 is 0 Å². The van der Waals surface area contributed by atoms with E-state index in [1.807, 2.05) is 4.90 Å². The highest BCUT2D eigenvalue weighted by Gasteiger charge is 2.27. The largest absolute Gasteiger partial charge is 0.462 e. The van der Waals surface area contributed by atoms with E-state index in [1.54, 1.807) is 43.5 Å². The average Bonchev–Trinajstić information content (AvgIpc) is 2.62. The van der Waals surface area contributed by atoms with Gasteiger partial charge in [0.05, 0.1) is 13.2 Å². The second kappa shape index (κ2) is 7.40. The summed E-state index contributed by atoms with van der Waals surface area (Å²) in [6, 6.07) is 9.96. The molecule has 0 amide bonds. The summed E-state index contributed by atoms with van der Waals surface area (Å²) in [5.41, 5.74) is 0.921. The van der Waals surface area contributed by atoms with Gasteiger partial charge in [0.2, 0.25) is 0 Å². The molecular formula is C18H19FN2O3. The first-order chi connectivity index (χ1) is 11.7. The van der Waals surface area contributed by atoms with Crippen molar-refractivity contribution >= 4 is 11.8 Å². The lowest BCUT2D eigenvalue weighted by Crippen LogP contribution is -2.40. The molecule has 1 aliphatic rings. The number of ether oxygens (including phenoxy) is 2. The van der Waals surface area contributed by atoms with Crippen LogP contribution >= 0.6 is 0 Å². The smallest absolute Gasteiger partial charge is 0.341 e. The summed E-state index contributed by atoms with van der Waals surface area (Å²) in [6.07, 6.45) is 1.23. The molecule has 1 unspecified atom stereocenters. The molecule has 0 N–H and O–H groups in total. The lowest BCUT2D eigenvalue weighted by Gasteiger charge is -2.34. The van der Waals surface area contributed by atoms with Gasteiger partial charge in [-0.3, -0.25) is 0 Å². The number of nitrogens with zero attached hydrogens (tertiary/aromatic N) is 2. The van der Waals surface area contributed by atoms with E-state index in [9.17, 15) is 9.18 Å². The Hall–Kier alpha value is -2.47. The molecule has 0 spiro atoms. The number of pyridine rings is 1.